The van der Waals surface area contributed by atoms with E-state index >= 15 is 0 Å². The minimum atomic E-state index is -4.47. The molecule has 0 heterocycles. The Morgan fingerprint density at radius 2 is 2.06 bits per heavy atom. The number of benzene rings is 1. The fourth-order valence-corrected chi connectivity index (χ4v) is 1.58. The summed E-state index contributed by atoms with van der Waals surface area (Å²) in [5, 5.41) is 12.2. The van der Waals surface area contributed by atoms with Gasteiger partial charge >= 0.3 is 6.18 Å². The van der Waals surface area contributed by atoms with Gasteiger partial charge in [0.2, 0.25) is 0 Å². The molecule has 0 saturated carbocycles. The van der Waals surface area contributed by atoms with Crippen LogP contribution < -0.4 is 11.1 Å². The summed E-state index contributed by atoms with van der Waals surface area (Å²) >= 11 is 0. The van der Waals surface area contributed by atoms with E-state index in [0.29, 0.717) is 12.1 Å². The van der Waals surface area contributed by atoms with Crippen molar-refractivity contribution < 1.29 is 18.3 Å². The first kappa shape index (κ1) is 14.6. The number of aliphatic hydroxyl groups excluding tert-OH is 1. The molecule has 0 bridgehead atoms. The van der Waals surface area contributed by atoms with Gasteiger partial charge in [-0.1, -0.05) is 13.3 Å². The van der Waals surface area contributed by atoms with Crippen LogP contribution in [0, 0.1) is 0 Å². The van der Waals surface area contributed by atoms with E-state index in [1.54, 1.807) is 0 Å². The van der Waals surface area contributed by atoms with Gasteiger partial charge in [0.1, 0.15) is 0 Å². The zero-order chi connectivity index (χ0) is 13.8. The molecule has 0 radical (unpaired) electrons. The average molecular weight is 262 g/mol. The first-order chi connectivity index (χ1) is 8.34. The van der Waals surface area contributed by atoms with Crippen LogP contribution in [0.25, 0.3) is 0 Å². The van der Waals surface area contributed by atoms with Gasteiger partial charge in [-0.05, 0) is 24.6 Å². The molecule has 1 aromatic carbocycles. The van der Waals surface area contributed by atoms with Crippen LogP contribution in [0.2, 0.25) is 0 Å². The van der Waals surface area contributed by atoms with Crippen molar-refractivity contribution in [3.05, 3.63) is 23.8 Å². The van der Waals surface area contributed by atoms with E-state index in [2.05, 4.69) is 5.32 Å². The Labute approximate surface area is 104 Å². The molecule has 4 N–H and O–H groups in total. The predicted octanol–water partition coefficient (Wildman–Crippen LogP) is 2.86. The molecule has 0 aliphatic rings. The molecule has 0 aromatic heterocycles. The second kappa shape index (κ2) is 5.95. The Kier molecular flexibility index (Phi) is 4.84. The number of rotatable bonds is 5. The number of nitrogens with one attached hydrogen (secondary N) is 1. The van der Waals surface area contributed by atoms with E-state index < -0.39 is 17.8 Å². The van der Waals surface area contributed by atoms with Gasteiger partial charge in [0.15, 0.2) is 0 Å². The number of hydrogen-bond acceptors (Lipinski definition) is 3. The van der Waals surface area contributed by atoms with Gasteiger partial charge in [-0.2, -0.15) is 13.2 Å². The van der Waals surface area contributed by atoms with Crippen molar-refractivity contribution in [2.45, 2.75) is 32.0 Å². The molecule has 102 valence electrons. The van der Waals surface area contributed by atoms with Crippen LogP contribution in [0.4, 0.5) is 24.5 Å². The Morgan fingerprint density at radius 3 is 2.61 bits per heavy atom. The van der Waals surface area contributed by atoms with Crippen molar-refractivity contribution in [3.63, 3.8) is 0 Å². The molecule has 1 aromatic rings. The zero-order valence-corrected chi connectivity index (χ0v) is 10.1. The largest absolute Gasteiger partial charge is 0.418 e. The fourth-order valence-electron chi connectivity index (χ4n) is 1.58. The van der Waals surface area contributed by atoms with Gasteiger partial charge in [0, 0.05) is 17.9 Å². The van der Waals surface area contributed by atoms with Crippen molar-refractivity contribution in [2.75, 3.05) is 17.6 Å². The Hall–Kier alpha value is -1.43. The Bertz CT molecular complexity index is 393. The lowest BCUT2D eigenvalue weighted by atomic mass is 10.1. The van der Waals surface area contributed by atoms with E-state index in [4.69, 9.17) is 5.73 Å². The molecule has 18 heavy (non-hydrogen) atoms. The molecule has 0 spiro atoms. The maximum Gasteiger partial charge on any atom is 0.418 e. The summed E-state index contributed by atoms with van der Waals surface area (Å²) < 4.78 is 37.8. The molecule has 0 aliphatic carbocycles. The molecule has 6 heteroatoms. The molecule has 0 amide bonds. The normalized spacial score (nSPS) is 13.4. The van der Waals surface area contributed by atoms with Gasteiger partial charge in [-0.15, -0.1) is 0 Å². The lowest BCUT2D eigenvalue weighted by Crippen LogP contribution is -2.19. The van der Waals surface area contributed by atoms with Gasteiger partial charge < -0.3 is 16.2 Å². The van der Waals surface area contributed by atoms with Crippen LogP contribution in [-0.2, 0) is 6.18 Å². The maximum absolute atomic E-state index is 12.6. The van der Waals surface area contributed by atoms with E-state index in [1.807, 2.05) is 6.92 Å². The highest BCUT2D eigenvalue weighted by molar-refractivity contribution is 5.58. The number of anilines is 2. The molecular formula is C12H17F3N2O. The third-order valence-electron chi connectivity index (χ3n) is 2.52. The van der Waals surface area contributed by atoms with Crippen LogP contribution in [-0.4, -0.2) is 17.8 Å². The van der Waals surface area contributed by atoms with Crippen LogP contribution in [0.1, 0.15) is 25.3 Å². The number of nitrogen functional groups attached to an aromatic ring is 1. The van der Waals surface area contributed by atoms with Crippen LogP contribution in [0.3, 0.4) is 0 Å². The van der Waals surface area contributed by atoms with Crippen molar-refractivity contribution in [3.8, 4) is 0 Å². The third kappa shape index (κ3) is 4.10. The predicted molar refractivity (Wildman–Crippen MR) is 65.3 cm³/mol. The van der Waals surface area contributed by atoms with Gasteiger partial charge in [-0.25, -0.2) is 0 Å². The monoisotopic (exact) mass is 262 g/mol. The molecule has 0 saturated heterocycles. The van der Waals surface area contributed by atoms with E-state index in [1.165, 1.54) is 12.1 Å². The number of nitrogens with two attached hydrogens (primary N) is 1. The van der Waals surface area contributed by atoms with Gasteiger partial charge in [0.25, 0.3) is 0 Å². The van der Waals surface area contributed by atoms with E-state index in [0.717, 1.165) is 12.5 Å². The summed E-state index contributed by atoms with van der Waals surface area (Å²) in [4.78, 5) is 0. The third-order valence-corrected chi connectivity index (χ3v) is 2.52. The SMILES string of the molecule is CCCC(O)CNc1ccc(N)c(C(F)(F)F)c1. The van der Waals surface area contributed by atoms with Crippen molar-refractivity contribution in [1.29, 1.82) is 0 Å². The number of aliphatic hydroxyl groups is 1. The second-order valence-corrected chi connectivity index (χ2v) is 4.12. The Morgan fingerprint density at radius 1 is 1.39 bits per heavy atom. The highest BCUT2D eigenvalue weighted by Gasteiger charge is 2.33. The van der Waals surface area contributed by atoms with Gasteiger partial charge in [0.05, 0.1) is 11.7 Å². The first-order valence-electron chi connectivity index (χ1n) is 5.73. The molecule has 0 fully saturated rings. The molecule has 1 atom stereocenters. The summed E-state index contributed by atoms with van der Waals surface area (Å²) in [5.74, 6) is 0. The minimum absolute atomic E-state index is 0.217. The second-order valence-electron chi connectivity index (χ2n) is 4.12. The number of alkyl halides is 3. The fraction of sp³-hybridized carbons (Fsp3) is 0.500. The standard InChI is InChI=1S/C12H17F3N2O/c1-2-3-9(18)7-17-8-4-5-11(16)10(6-8)12(13,14)15/h4-6,9,17-18H,2-3,7,16H2,1H3. The minimum Gasteiger partial charge on any atom is -0.398 e. The van der Waals surface area contributed by atoms with Gasteiger partial charge in [-0.3, -0.25) is 0 Å². The summed E-state index contributed by atoms with van der Waals surface area (Å²) in [6.45, 7) is 2.14. The van der Waals surface area contributed by atoms with E-state index in [-0.39, 0.29) is 12.2 Å². The van der Waals surface area contributed by atoms with Crippen molar-refractivity contribution in [2.24, 2.45) is 0 Å². The van der Waals surface area contributed by atoms with Crippen LogP contribution in [0.15, 0.2) is 18.2 Å². The molecule has 0 aliphatic heterocycles. The highest BCUT2D eigenvalue weighted by Crippen LogP contribution is 2.35. The molecular weight excluding hydrogens is 245 g/mol. The summed E-state index contributed by atoms with van der Waals surface area (Å²) in [6.07, 6.45) is -3.61. The van der Waals surface area contributed by atoms with Crippen LogP contribution in [0.5, 0.6) is 0 Å². The lowest BCUT2D eigenvalue weighted by Gasteiger charge is -2.15. The van der Waals surface area contributed by atoms with E-state index in [9.17, 15) is 18.3 Å². The smallest absolute Gasteiger partial charge is 0.398 e. The summed E-state index contributed by atoms with van der Waals surface area (Å²) in [6, 6.07) is 3.62. The zero-order valence-electron chi connectivity index (χ0n) is 10.1. The molecule has 1 unspecified atom stereocenters. The first-order valence-corrected chi connectivity index (χ1v) is 5.73. The van der Waals surface area contributed by atoms with Crippen molar-refractivity contribution in [1.82, 2.24) is 0 Å². The lowest BCUT2D eigenvalue weighted by molar-refractivity contribution is -0.136. The molecule has 1 rings (SSSR count). The summed E-state index contributed by atoms with van der Waals surface area (Å²) in [5.41, 5.74) is 4.41. The highest BCUT2D eigenvalue weighted by atomic mass is 19.4. The topological polar surface area (TPSA) is 58.3 Å². The van der Waals surface area contributed by atoms with Crippen LogP contribution >= 0.6 is 0 Å². The van der Waals surface area contributed by atoms with Crippen molar-refractivity contribution >= 4 is 11.4 Å². The maximum atomic E-state index is 12.6. The number of halogens is 3. The number of hydrogen-bond donors (Lipinski definition) is 3. The molecule has 3 nitrogen and oxygen atoms in total. The quantitative estimate of drug-likeness (QED) is 0.715. The summed E-state index contributed by atoms with van der Waals surface area (Å²) in [7, 11) is 0. The average Bonchev–Trinajstić information content (AvgIpc) is 2.27. The Balaban J connectivity index is 2.74.